The number of nitrogens with one attached hydrogen (secondary N) is 1. The van der Waals surface area contributed by atoms with Gasteiger partial charge in [0.05, 0.1) is 4.43 Å². The summed E-state index contributed by atoms with van der Waals surface area (Å²) < 4.78 is 0.576. The lowest BCUT2D eigenvalue weighted by molar-refractivity contribution is -0.118. The monoisotopic (exact) mass is 283 g/mol. The molecule has 0 heterocycles. The van der Waals surface area contributed by atoms with Gasteiger partial charge in [0.2, 0.25) is 5.91 Å². The van der Waals surface area contributed by atoms with Gasteiger partial charge in [-0.2, -0.15) is 0 Å². The number of unbranched alkanes of at least 4 members (excludes halogenated alkanes) is 4. The number of halogens is 1. The molecule has 1 N–H and O–H groups in total. The van der Waals surface area contributed by atoms with Gasteiger partial charge in [-0.15, -0.1) is 0 Å². The maximum Gasteiger partial charge on any atom is 0.229 e. The predicted molar refractivity (Wildman–Crippen MR) is 60.7 cm³/mol. The second-order valence-corrected chi connectivity index (χ2v) is 3.66. The number of carbonyl (C=O) groups is 1. The number of amides is 1. The van der Waals surface area contributed by atoms with E-state index in [0.29, 0.717) is 4.43 Å². The Bertz CT molecular complexity index is 117. The molecule has 0 aliphatic carbocycles. The Morgan fingerprint density at radius 1 is 1.25 bits per heavy atom. The number of rotatable bonds is 7. The maximum absolute atomic E-state index is 10.8. The van der Waals surface area contributed by atoms with Gasteiger partial charge in [0.1, 0.15) is 0 Å². The molecule has 72 valence electrons. The first-order valence-corrected chi connectivity index (χ1v) is 6.16. The molecule has 0 aromatic heterocycles. The number of hydrogen-bond donors (Lipinski definition) is 1. The third-order valence-electron chi connectivity index (χ3n) is 1.72. The molecule has 0 aromatic carbocycles. The van der Waals surface area contributed by atoms with Gasteiger partial charge >= 0.3 is 0 Å². The number of hydrogen-bond acceptors (Lipinski definition) is 1. The van der Waals surface area contributed by atoms with Crippen LogP contribution in [0.15, 0.2) is 0 Å². The van der Waals surface area contributed by atoms with Crippen LogP contribution in [0.1, 0.15) is 39.0 Å². The van der Waals surface area contributed by atoms with E-state index >= 15 is 0 Å². The molecule has 0 aliphatic heterocycles. The van der Waals surface area contributed by atoms with Crippen LogP contribution in [0.4, 0.5) is 0 Å². The van der Waals surface area contributed by atoms with Gasteiger partial charge in [0.15, 0.2) is 0 Å². The normalized spacial score (nSPS) is 9.83. The minimum atomic E-state index is 0.158. The van der Waals surface area contributed by atoms with Crippen LogP contribution in [0.5, 0.6) is 0 Å². The Hall–Kier alpha value is 0.200. The molecule has 0 rings (SSSR count). The maximum atomic E-state index is 10.8. The summed E-state index contributed by atoms with van der Waals surface area (Å²) >= 11 is 2.08. The zero-order valence-corrected chi connectivity index (χ0v) is 9.89. The lowest BCUT2D eigenvalue weighted by Crippen LogP contribution is -2.25. The van der Waals surface area contributed by atoms with Crippen LogP contribution in [-0.2, 0) is 4.79 Å². The van der Waals surface area contributed by atoms with Crippen LogP contribution in [0.3, 0.4) is 0 Å². The lowest BCUT2D eigenvalue weighted by atomic mass is 10.1. The molecule has 3 heteroatoms. The molecular weight excluding hydrogens is 265 g/mol. The van der Waals surface area contributed by atoms with Crippen molar-refractivity contribution in [3.63, 3.8) is 0 Å². The van der Waals surface area contributed by atoms with Gasteiger partial charge < -0.3 is 5.32 Å². The average Bonchev–Trinajstić information content (AvgIpc) is 2.10. The van der Waals surface area contributed by atoms with Crippen molar-refractivity contribution in [2.45, 2.75) is 39.0 Å². The van der Waals surface area contributed by atoms with Crippen LogP contribution in [0.25, 0.3) is 0 Å². The van der Waals surface area contributed by atoms with Crippen molar-refractivity contribution in [1.29, 1.82) is 0 Å². The van der Waals surface area contributed by atoms with E-state index in [4.69, 9.17) is 0 Å². The third kappa shape index (κ3) is 8.30. The van der Waals surface area contributed by atoms with Crippen LogP contribution in [-0.4, -0.2) is 16.9 Å². The van der Waals surface area contributed by atoms with E-state index in [2.05, 4.69) is 34.8 Å². The van der Waals surface area contributed by atoms with Crippen molar-refractivity contribution >= 4 is 28.5 Å². The van der Waals surface area contributed by atoms with E-state index in [9.17, 15) is 4.79 Å². The molecule has 0 fully saturated rings. The molecule has 1 amide bonds. The first-order chi connectivity index (χ1) is 5.81. The van der Waals surface area contributed by atoms with Crippen LogP contribution >= 0.6 is 22.6 Å². The highest BCUT2D eigenvalue weighted by atomic mass is 127. The van der Waals surface area contributed by atoms with Gasteiger partial charge in [-0.05, 0) is 6.42 Å². The number of alkyl halides is 1. The van der Waals surface area contributed by atoms with Crippen molar-refractivity contribution in [3.8, 4) is 0 Å². The fraction of sp³-hybridized carbons (Fsp3) is 0.889. The van der Waals surface area contributed by atoms with E-state index in [-0.39, 0.29) is 5.91 Å². The lowest BCUT2D eigenvalue weighted by Gasteiger charge is -2.01. The van der Waals surface area contributed by atoms with Gasteiger partial charge in [-0.25, -0.2) is 0 Å². The summed E-state index contributed by atoms with van der Waals surface area (Å²) in [6.07, 6.45) is 6.27. The topological polar surface area (TPSA) is 29.1 Å². The molecule has 2 nitrogen and oxygen atoms in total. The summed E-state index contributed by atoms with van der Waals surface area (Å²) in [6, 6.07) is 0. The van der Waals surface area contributed by atoms with E-state index in [0.717, 1.165) is 13.0 Å². The molecule has 0 saturated heterocycles. The third-order valence-corrected chi connectivity index (χ3v) is 2.42. The minimum Gasteiger partial charge on any atom is -0.355 e. The number of carbonyl (C=O) groups excluding carboxylic acids is 1. The Morgan fingerprint density at radius 3 is 2.50 bits per heavy atom. The molecule has 0 atom stereocenters. The van der Waals surface area contributed by atoms with Crippen LogP contribution in [0.2, 0.25) is 0 Å². The van der Waals surface area contributed by atoms with Crippen molar-refractivity contribution in [2.75, 3.05) is 11.0 Å². The summed E-state index contributed by atoms with van der Waals surface area (Å²) in [5.74, 6) is 0.158. The van der Waals surface area contributed by atoms with Crippen LogP contribution < -0.4 is 5.32 Å². The quantitative estimate of drug-likeness (QED) is 0.434. The van der Waals surface area contributed by atoms with Gasteiger partial charge in [0, 0.05) is 6.54 Å². The average molecular weight is 283 g/mol. The van der Waals surface area contributed by atoms with E-state index in [1.807, 2.05) is 0 Å². The van der Waals surface area contributed by atoms with Crippen molar-refractivity contribution < 1.29 is 4.79 Å². The zero-order chi connectivity index (χ0) is 9.23. The van der Waals surface area contributed by atoms with Gasteiger partial charge in [-0.1, -0.05) is 55.2 Å². The molecule has 0 radical (unpaired) electrons. The van der Waals surface area contributed by atoms with E-state index < -0.39 is 0 Å². The first-order valence-electron chi connectivity index (χ1n) is 4.64. The van der Waals surface area contributed by atoms with Crippen molar-refractivity contribution in [3.05, 3.63) is 0 Å². The molecule has 0 spiro atoms. The zero-order valence-electron chi connectivity index (χ0n) is 7.74. The smallest absolute Gasteiger partial charge is 0.229 e. The van der Waals surface area contributed by atoms with Crippen molar-refractivity contribution in [2.24, 2.45) is 0 Å². The second-order valence-electron chi connectivity index (χ2n) is 2.90. The Balaban J connectivity index is 2.95. The molecule has 12 heavy (non-hydrogen) atoms. The summed E-state index contributed by atoms with van der Waals surface area (Å²) in [6.45, 7) is 3.06. The molecule has 0 aliphatic rings. The SMILES string of the molecule is CCCCCCCNC(=O)CI. The summed E-state index contributed by atoms with van der Waals surface area (Å²) in [5.41, 5.74) is 0. The first kappa shape index (κ1) is 12.2. The molecule has 0 saturated carbocycles. The van der Waals surface area contributed by atoms with Gasteiger partial charge in [0.25, 0.3) is 0 Å². The predicted octanol–water partition coefficient (Wildman–Crippen LogP) is 2.51. The molecule has 0 bridgehead atoms. The summed E-state index contributed by atoms with van der Waals surface area (Å²) in [4.78, 5) is 10.8. The molecule has 0 unspecified atom stereocenters. The van der Waals surface area contributed by atoms with E-state index in [1.54, 1.807) is 0 Å². The molecular formula is C9H18INO. The fourth-order valence-electron chi connectivity index (χ4n) is 1.00. The Morgan fingerprint density at radius 2 is 1.92 bits per heavy atom. The van der Waals surface area contributed by atoms with Crippen LogP contribution in [0, 0.1) is 0 Å². The van der Waals surface area contributed by atoms with E-state index in [1.165, 1.54) is 25.7 Å². The van der Waals surface area contributed by atoms with Gasteiger partial charge in [-0.3, -0.25) is 4.79 Å². The Kier molecular flexibility index (Phi) is 9.44. The Labute approximate surface area is 88.6 Å². The minimum absolute atomic E-state index is 0.158. The highest BCUT2D eigenvalue weighted by molar-refractivity contribution is 14.1. The highest BCUT2D eigenvalue weighted by Crippen LogP contribution is 2.00. The highest BCUT2D eigenvalue weighted by Gasteiger charge is 1.95. The standard InChI is InChI=1S/C9H18INO/c1-2-3-4-5-6-7-11-9(12)8-10/h2-8H2,1H3,(H,11,12). The molecule has 0 aromatic rings. The second kappa shape index (κ2) is 9.29. The summed E-state index contributed by atoms with van der Waals surface area (Å²) in [5, 5.41) is 2.86. The van der Waals surface area contributed by atoms with Crippen molar-refractivity contribution in [1.82, 2.24) is 5.32 Å². The largest absolute Gasteiger partial charge is 0.355 e. The fourth-order valence-corrected chi connectivity index (χ4v) is 1.27. The summed E-state index contributed by atoms with van der Waals surface area (Å²) in [7, 11) is 0.